The molecule has 0 aromatic rings. The Morgan fingerprint density at radius 2 is 1.68 bits per heavy atom. The van der Waals surface area contributed by atoms with E-state index in [9.17, 15) is 14.7 Å². The molecule has 0 aliphatic heterocycles. The Labute approximate surface area is 115 Å². The highest BCUT2D eigenvalue weighted by atomic mass is 16.4. The van der Waals surface area contributed by atoms with Crippen molar-refractivity contribution in [1.82, 2.24) is 5.32 Å². The molecule has 0 radical (unpaired) electrons. The van der Waals surface area contributed by atoms with Crippen molar-refractivity contribution in [3.8, 4) is 0 Å². The summed E-state index contributed by atoms with van der Waals surface area (Å²) in [6.45, 7) is 8.00. The number of amides is 1. The van der Waals surface area contributed by atoms with Crippen LogP contribution >= 0.6 is 0 Å². The molecule has 0 saturated heterocycles. The molecule has 0 aliphatic rings. The Hall–Kier alpha value is -1.10. The van der Waals surface area contributed by atoms with Gasteiger partial charge in [0.05, 0.1) is 5.41 Å². The van der Waals surface area contributed by atoms with Gasteiger partial charge in [-0.25, -0.2) is 0 Å². The van der Waals surface area contributed by atoms with E-state index < -0.39 is 11.4 Å². The predicted molar refractivity (Wildman–Crippen MR) is 73.8 cm³/mol. The Morgan fingerprint density at radius 1 is 1.16 bits per heavy atom. The second kappa shape index (κ2) is 7.48. The molecule has 112 valence electrons. The summed E-state index contributed by atoms with van der Waals surface area (Å²) in [5, 5.41) is 21.0. The molecule has 0 spiro atoms. The predicted octanol–water partition coefficient (Wildman–Crippen LogP) is 1.79. The number of hydrogen-bond acceptors (Lipinski definition) is 3. The van der Waals surface area contributed by atoms with Crippen molar-refractivity contribution in [2.45, 2.75) is 53.4 Å². The maximum Gasteiger partial charge on any atom is 0.310 e. The normalized spacial score (nSPS) is 12.3. The van der Waals surface area contributed by atoms with Gasteiger partial charge in [-0.15, -0.1) is 0 Å². The van der Waals surface area contributed by atoms with Crippen LogP contribution in [0.2, 0.25) is 0 Å². The zero-order valence-electron chi connectivity index (χ0n) is 12.5. The maximum absolute atomic E-state index is 11.9. The van der Waals surface area contributed by atoms with E-state index >= 15 is 0 Å². The minimum atomic E-state index is -0.967. The first kappa shape index (κ1) is 17.9. The summed E-state index contributed by atoms with van der Waals surface area (Å²) in [4.78, 5) is 23.2. The van der Waals surface area contributed by atoms with E-state index in [2.05, 4.69) is 5.32 Å². The molecule has 0 heterocycles. The molecule has 0 aliphatic carbocycles. The summed E-state index contributed by atoms with van der Waals surface area (Å²) in [5.74, 6) is -1.15. The Balaban J connectivity index is 4.49. The maximum atomic E-state index is 11.9. The molecular formula is C14H27NO4. The number of hydrogen-bond donors (Lipinski definition) is 3. The third-order valence-electron chi connectivity index (χ3n) is 3.86. The second-order valence-electron chi connectivity index (χ2n) is 5.88. The van der Waals surface area contributed by atoms with E-state index in [-0.39, 0.29) is 24.3 Å². The van der Waals surface area contributed by atoms with E-state index in [4.69, 9.17) is 5.11 Å². The summed E-state index contributed by atoms with van der Waals surface area (Å²) in [7, 11) is 0. The first-order valence-electron chi connectivity index (χ1n) is 6.84. The lowest BCUT2D eigenvalue weighted by molar-refractivity contribution is -0.152. The van der Waals surface area contributed by atoms with Crippen LogP contribution in [0.25, 0.3) is 0 Å². The molecule has 3 N–H and O–H groups in total. The second-order valence-corrected chi connectivity index (χ2v) is 5.88. The first-order chi connectivity index (χ1) is 8.73. The van der Waals surface area contributed by atoms with Crippen LogP contribution < -0.4 is 5.32 Å². The number of carboxylic acid groups (broad SMARTS) is 1. The highest BCUT2D eigenvalue weighted by Crippen LogP contribution is 2.31. The van der Waals surface area contributed by atoms with Crippen LogP contribution in [0, 0.1) is 10.8 Å². The van der Waals surface area contributed by atoms with Crippen LogP contribution in [0.15, 0.2) is 0 Å². The molecule has 0 saturated carbocycles. The zero-order chi connectivity index (χ0) is 15.1. The fourth-order valence-electron chi connectivity index (χ4n) is 1.98. The van der Waals surface area contributed by atoms with E-state index in [1.165, 1.54) is 0 Å². The monoisotopic (exact) mass is 273 g/mol. The SMILES string of the molecule is CCC(CC)(CC(=O)NCC(C)(C)CCO)C(=O)O. The fourth-order valence-corrected chi connectivity index (χ4v) is 1.98. The van der Waals surface area contributed by atoms with Crippen molar-refractivity contribution >= 4 is 11.9 Å². The van der Waals surface area contributed by atoms with E-state index in [0.717, 1.165) is 0 Å². The van der Waals surface area contributed by atoms with E-state index in [0.29, 0.717) is 25.8 Å². The van der Waals surface area contributed by atoms with Gasteiger partial charge in [0.15, 0.2) is 0 Å². The average Bonchev–Trinajstić information content (AvgIpc) is 2.33. The molecule has 0 aromatic carbocycles. The lowest BCUT2D eigenvalue weighted by Gasteiger charge is -2.28. The topological polar surface area (TPSA) is 86.6 Å². The summed E-state index contributed by atoms with van der Waals surface area (Å²) in [6.07, 6.45) is 1.47. The average molecular weight is 273 g/mol. The minimum Gasteiger partial charge on any atom is -0.481 e. The quantitative estimate of drug-likeness (QED) is 0.598. The highest BCUT2D eigenvalue weighted by Gasteiger charge is 2.37. The summed E-state index contributed by atoms with van der Waals surface area (Å²) in [5.41, 5.74) is -1.15. The molecule has 19 heavy (non-hydrogen) atoms. The van der Waals surface area contributed by atoms with E-state index in [1.54, 1.807) is 13.8 Å². The number of rotatable bonds is 9. The molecule has 1 amide bonds. The molecule has 5 heteroatoms. The molecule has 0 atom stereocenters. The van der Waals surface area contributed by atoms with Crippen molar-refractivity contribution in [3.05, 3.63) is 0 Å². The molecule has 0 aromatic heterocycles. The lowest BCUT2D eigenvalue weighted by atomic mass is 9.79. The third-order valence-corrected chi connectivity index (χ3v) is 3.86. The Bertz CT molecular complexity index is 309. The summed E-state index contributed by atoms with van der Waals surface area (Å²) >= 11 is 0. The van der Waals surface area contributed by atoms with Crippen LogP contribution in [0.1, 0.15) is 53.4 Å². The van der Waals surface area contributed by atoms with Crippen molar-refractivity contribution < 1.29 is 19.8 Å². The van der Waals surface area contributed by atoms with Gasteiger partial charge >= 0.3 is 5.97 Å². The van der Waals surface area contributed by atoms with Gasteiger partial charge in [-0.2, -0.15) is 0 Å². The standard InChI is InChI=1S/C14H27NO4/c1-5-14(6-2,12(18)19)9-11(17)15-10-13(3,4)7-8-16/h16H,5-10H2,1-4H3,(H,15,17)(H,18,19). The van der Waals surface area contributed by atoms with E-state index in [1.807, 2.05) is 13.8 Å². The highest BCUT2D eigenvalue weighted by molar-refractivity contribution is 5.84. The van der Waals surface area contributed by atoms with Gasteiger partial charge in [0, 0.05) is 19.6 Å². The fraction of sp³-hybridized carbons (Fsp3) is 0.857. The van der Waals surface area contributed by atoms with Crippen molar-refractivity contribution in [2.75, 3.05) is 13.2 Å². The third kappa shape index (κ3) is 5.59. The lowest BCUT2D eigenvalue weighted by Crippen LogP contribution is -2.40. The van der Waals surface area contributed by atoms with Gasteiger partial charge in [0.25, 0.3) is 0 Å². The van der Waals surface area contributed by atoms with Gasteiger partial charge in [0.1, 0.15) is 0 Å². The molecule has 5 nitrogen and oxygen atoms in total. The van der Waals surface area contributed by atoms with Crippen molar-refractivity contribution in [3.63, 3.8) is 0 Å². The van der Waals surface area contributed by atoms with Crippen LogP contribution in [0.3, 0.4) is 0 Å². The summed E-state index contributed by atoms with van der Waals surface area (Å²) in [6, 6.07) is 0. The summed E-state index contributed by atoms with van der Waals surface area (Å²) < 4.78 is 0. The minimum absolute atomic E-state index is 0.00450. The zero-order valence-corrected chi connectivity index (χ0v) is 12.5. The van der Waals surface area contributed by atoms with Gasteiger partial charge < -0.3 is 15.5 Å². The smallest absolute Gasteiger partial charge is 0.310 e. The number of nitrogens with one attached hydrogen (secondary N) is 1. The van der Waals surface area contributed by atoms with Crippen LogP contribution in [0.5, 0.6) is 0 Å². The number of carbonyl (C=O) groups excluding carboxylic acids is 1. The van der Waals surface area contributed by atoms with Crippen molar-refractivity contribution in [1.29, 1.82) is 0 Å². The van der Waals surface area contributed by atoms with Gasteiger partial charge in [-0.1, -0.05) is 27.7 Å². The number of aliphatic hydroxyl groups is 1. The number of carboxylic acids is 1. The first-order valence-corrected chi connectivity index (χ1v) is 6.84. The van der Waals surface area contributed by atoms with Crippen LogP contribution in [-0.4, -0.2) is 35.2 Å². The number of aliphatic carboxylic acids is 1. The Morgan fingerprint density at radius 3 is 2.05 bits per heavy atom. The molecular weight excluding hydrogens is 246 g/mol. The number of carbonyl (C=O) groups is 2. The number of aliphatic hydroxyl groups excluding tert-OH is 1. The van der Waals surface area contributed by atoms with Gasteiger partial charge in [-0.05, 0) is 24.7 Å². The largest absolute Gasteiger partial charge is 0.481 e. The molecule has 0 bridgehead atoms. The molecule has 0 unspecified atom stereocenters. The van der Waals surface area contributed by atoms with Gasteiger partial charge in [-0.3, -0.25) is 9.59 Å². The molecule has 0 fully saturated rings. The van der Waals surface area contributed by atoms with Crippen molar-refractivity contribution in [2.24, 2.45) is 10.8 Å². The Kier molecular flexibility index (Phi) is 7.05. The molecule has 0 rings (SSSR count). The van der Waals surface area contributed by atoms with Crippen LogP contribution in [0.4, 0.5) is 0 Å². The van der Waals surface area contributed by atoms with Crippen LogP contribution in [-0.2, 0) is 9.59 Å². The van der Waals surface area contributed by atoms with Gasteiger partial charge in [0.2, 0.25) is 5.91 Å².